The third kappa shape index (κ3) is 5.28. The Morgan fingerprint density at radius 2 is 0.857 bits per heavy atom. The summed E-state index contributed by atoms with van der Waals surface area (Å²) >= 11 is 0. The first-order valence-corrected chi connectivity index (χ1v) is 16.6. The minimum absolute atomic E-state index is 0.690. The van der Waals surface area contributed by atoms with Gasteiger partial charge in [0, 0.05) is 33.5 Å². The van der Waals surface area contributed by atoms with E-state index in [1.54, 1.807) is 0 Å². The first-order valence-electron chi connectivity index (χ1n) is 16.6. The Kier molecular flexibility index (Phi) is 7.14. The van der Waals surface area contributed by atoms with Gasteiger partial charge in [0.2, 0.25) is 0 Å². The van der Waals surface area contributed by atoms with Crippen molar-refractivity contribution in [1.82, 2.24) is 14.5 Å². The summed E-state index contributed by atoms with van der Waals surface area (Å²) in [5.41, 5.74) is 12.1. The van der Waals surface area contributed by atoms with E-state index < -0.39 is 0 Å². The van der Waals surface area contributed by atoms with Crippen LogP contribution < -0.4 is 0 Å². The summed E-state index contributed by atoms with van der Waals surface area (Å²) in [7, 11) is 0. The number of fused-ring (bicyclic) bond motifs is 3. The highest BCUT2D eigenvalue weighted by Gasteiger charge is 2.21. The van der Waals surface area contributed by atoms with Crippen LogP contribution in [0.15, 0.2) is 188 Å². The molecule has 0 bridgehead atoms. The van der Waals surface area contributed by atoms with Crippen molar-refractivity contribution >= 4 is 21.8 Å². The van der Waals surface area contributed by atoms with Crippen LogP contribution in [0.2, 0.25) is 0 Å². The van der Waals surface area contributed by atoms with Crippen LogP contribution in [0.5, 0.6) is 0 Å². The van der Waals surface area contributed by atoms with Crippen molar-refractivity contribution in [3.8, 4) is 61.8 Å². The standard InChI is InChI=1S/C46H31N3/c1-6-16-32(17-7-1)37-26-27-43-40(28-37)41-30-38(33-18-8-2-9-19-33)29-39(34-20-10-3-11-21-34)45(41)49(43)44-31-42(35-22-12-4-13-23-35)47-46(48-44)36-24-14-5-15-25-36/h1-31H. The van der Waals surface area contributed by atoms with E-state index in [4.69, 9.17) is 9.97 Å². The average molecular weight is 626 g/mol. The lowest BCUT2D eigenvalue weighted by Gasteiger charge is -2.15. The Bertz CT molecular complexity index is 2500. The smallest absolute Gasteiger partial charge is 0.162 e. The number of nitrogens with zero attached hydrogens (tertiary/aromatic N) is 3. The molecule has 230 valence electrons. The summed E-state index contributed by atoms with van der Waals surface area (Å²) in [6.45, 7) is 0. The second-order valence-corrected chi connectivity index (χ2v) is 12.3. The fourth-order valence-corrected chi connectivity index (χ4v) is 6.85. The average Bonchev–Trinajstić information content (AvgIpc) is 3.53. The normalized spacial score (nSPS) is 11.3. The molecule has 0 unspecified atom stereocenters. The number of aromatic nitrogens is 3. The second kappa shape index (κ2) is 12.2. The van der Waals surface area contributed by atoms with Gasteiger partial charge in [0.15, 0.2) is 5.82 Å². The molecule has 0 atom stereocenters. The highest BCUT2D eigenvalue weighted by atomic mass is 15.1. The van der Waals surface area contributed by atoms with Gasteiger partial charge in [-0.3, -0.25) is 4.57 Å². The molecule has 49 heavy (non-hydrogen) atoms. The zero-order valence-electron chi connectivity index (χ0n) is 26.7. The molecule has 3 nitrogen and oxygen atoms in total. The van der Waals surface area contributed by atoms with Crippen molar-refractivity contribution in [1.29, 1.82) is 0 Å². The number of benzene rings is 7. The Hall–Kier alpha value is -6.58. The van der Waals surface area contributed by atoms with Crippen LogP contribution in [0.1, 0.15) is 0 Å². The number of hydrogen-bond donors (Lipinski definition) is 0. The molecular formula is C46H31N3. The largest absolute Gasteiger partial charge is 0.293 e. The quantitative estimate of drug-likeness (QED) is 0.184. The summed E-state index contributed by atoms with van der Waals surface area (Å²) in [5, 5.41) is 2.35. The summed E-state index contributed by atoms with van der Waals surface area (Å²) in [6, 6.07) is 66.2. The minimum Gasteiger partial charge on any atom is -0.293 e. The predicted octanol–water partition coefficient (Wildman–Crippen LogP) is 11.9. The van der Waals surface area contributed by atoms with Crippen molar-refractivity contribution in [2.45, 2.75) is 0 Å². The van der Waals surface area contributed by atoms with Gasteiger partial charge in [0.1, 0.15) is 5.82 Å². The van der Waals surface area contributed by atoms with Gasteiger partial charge < -0.3 is 0 Å². The maximum atomic E-state index is 5.32. The van der Waals surface area contributed by atoms with Crippen molar-refractivity contribution < 1.29 is 0 Å². The van der Waals surface area contributed by atoms with Gasteiger partial charge in [-0.05, 0) is 52.1 Å². The van der Waals surface area contributed by atoms with Crippen LogP contribution in [0, 0.1) is 0 Å². The molecule has 0 aliphatic heterocycles. The molecule has 9 rings (SSSR count). The molecule has 0 saturated carbocycles. The third-order valence-electron chi connectivity index (χ3n) is 9.20. The Morgan fingerprint density at radius 3 is 1.47 bits per heavy atom. The van der Waals surface area contributed by atoms with E-state index in [9.17, 15) is 0 Å². The summed E-state index contributed by atoms with van der Waals surface area (Å²) in [6.07, 6.45) is 0. The molecule has 0 fully saturated rings. The SMILES string of the molecule is c1ccc(-c2ccc3c(c2)c2cc(-c4ccccc4)cc(-c4ccccc4)c2n3-c2cc(-c3ccccc3)nc(-c3ccccc3)n2)cc1. The van der Waals surface area contributed by atoms with Crippen LogP contribution in [-0.4, -0.2) is 14.5 Å². The van der Waals surface area contributed by atoms with E-state index in [2.05, 4.69) is 168 Å². The van der Waals surface area contributed by atoms with E-state index in [0.717, 1.165) is 44.8 Å². The van der Waals surface area contributed by atoms with Crippen molar-refractivity contribution in [2.24, 2.45) is 0 Å². The van der Waals surface area contributed by atoms with Gasteiger partial charge in [-0.25, -0.2) is 9.97 Å². The molecule has 7 aromatic carbocycles. The summed E-state index contributed by atoms with van der Waals surface area (Å²) in [5.74, 6) is 1.51. The Morgan fingerprint density at radius 1 is 0.347 bits per heavy atom. The number of hydrogen-bond acceptors (Lipinski definition) is 2. The Balaban J connectivity index is 1.42. The van der Waals surface area contributed by atoms with Crippen molar-refractivity contribution in [3.63, 3.8) is 0 Å². The molecule has 0 saturated heterocycles. The molecule has 9 aromatic rings. The van der Waals surface area contributed by atoms with Crippen LogP contribution >= 0.6 is 0 Å². The highest BCUT2D eigenvalue weighted by Crippen LogP contribution is 2.42. The molecule has 3 heteroatoms. The second-order valence-electron chi connectivity index (χ2n) is 12.3. The molecule has 0 aliphatic carbocycles. The maximum Gasteiger partial charge on any atom is 0.162 e. The van der Waals surface area contributed by atoms with Crippen LogP contribution in [0.3, 0.4) is 0 Å². The van der Waals surface area contributed by atoms with Gasteiger partial charge in [0.05, 0.1) is 16.7 Å². The van der Waals surface area contributed by atoms with Gasteiger partial charge in [0.25, 0.3) is 0 Å². The maximum absolute atomic E-state index is 5.32. The van der Waals surface area contributed by atoms with Crippen LogP contribution in [0.4, 0.5) is 0 Å². The lowest BCUT2D eigenvalue weighted by molar-refractivity contribution is 1.05. The molecule has 0 spiro atoms. The van der Waals surface area contributed by atoms with Crippen molar-refractivity contribution in [2.75, 3.05) is 0 Å². The fourth-order valence-electron chi connectivity index (χ4n) is 6.85. The summed E-state index contributed by atoms with van der Waals surface area (Å²) in [4.78, 5) is 10.4. The van der Waals surface area contributed by atoms with Gasteiger partial charge in [-0.15, -0.1) is 0 Å². The third-order valence-corrected chi connectivity index (χ3v) is 9.20. The highest BCUT2D eigenvalue weighted by molar-refractivity contribution is 6.16. The van der Waals surface area contributed by atoms with Gasteiger partial charge in [-0.1, -0.05) is 158 Å². The lowest BCUT2D eigenvalue weighted by Crippen LogP contribution is -2.03. The van der Waals surface area contributed by atoms with Gasteiger partial charge >= 0.3 is 0 Å². The van der Waals surface area contributed by atoms with E-state index >= 15 is 0 Å². The fraction of sp³-hybridized carbons (Fsp3) is 0. The van der Waals surface area contributed by atoms with E-state index in [-0.39, 0.29) is 0 Å². The topological polar surface area (TPSA) is 30.7 Å². The first kappa shape index (κ1) is 28.6. The van der Waals surface area contributed by atoms with E-state index in [1.165, 1.54) is 33.0 Å². The van der Waals surface area contributed by atoms with Gasteiger partial charge in [-0.2, -0.15) is 0 Å². The zero-order valence-corrected chi connectivity index (χ0v) is 26.7. The van der Waals surface area contributed by atoms with Crippen molar-refractivity contribution in [3.05, 3.63) is 188 Å². The molecule has 2 heterocycles. The molecule has 0 radical (unpaired) electrons. The summed E-state index contributed by atoms with van der Waals surface area (Å²) < 4.78 is 2.34. The monoisotopic (exact) mass is 625 g/mol. The Labute approximate surface area is 285 Å². The zero-order chi connectivity index (χ0) is 32.6. The van der Waals surface area contributed by atoms with Crippen LogP contribution in [0.25, 0.3) is 83.6 Å². The predicted molar refractivity (Wildman–Crippen MR) is 204 cm³/mol. The van der Waals surface area contributed by atoms with Crippen LogP contribution in [-0.2, 0) is 0 Å². The van der Waals surface area contributed by atoms with E-state index in [0.29, 0.717) is 5.82 Å². The molecular weight excluding hydrogens is 595 g/mol. The van der Waals surface area contributed by atoms with E-state index in [1.807, 2.05) is 24.3 Å². The first-order chi connectivity index (χ1) is 24.3. The molecule has 2 aromatic heterocycles. The molecule has 0 N–H and O–H groups in total. The number of rotatable bonds is 6. The lowest BCUT2D eigenvalue weighted by atomic mass is 9.95. The molecule has 0 aliphatic rings. The minimum atomic E-state index is 0.690. The molecule has 0 amide bonds.